The molecule has 3 aromatic carbocycles. The quantitative estimate of drug-likeness (QED) is 0.101. The molecular weight excluding hydrogens is 831 g/mol. The van der Waals surface area contributed by atoms with Crippen LogP contribution in [0.1, 0.15) is 57.2 Å². The van der Waals surface area contributed by atoms with Gasteiger partial charge in [-0.1, -0.05) is 6.08 Å². The highest BCUT2D eigenvalue weighted by Crippen LogP contribution is 2.47. The monoisotopic (exact) mass is 868 g/mol. The van der Waals surface area contributed by atoms with Gasteiger partial charge in [0.15, 0.2) is 23.6 Å². The first-order valence-electron chi connectivity index (χ1n) is 17.0. The number of carboxylic acid groups (broad SMARTS) is 1. The lowest BCUT2D eigenvalue weighted by Gasteiger charge is -2.44. The van der Waals surface area contributed by atoms with Crippen LogP contribution in [0.15, 0.2) is 69.4 Å². The predicted octanol–water partition coefficient (Wildman–Crippen LogP) is 2.73. The molecule has 22 heteroatoms. The molecule has 0 aromatic heterocycles. The van der Waals surface area contributed by atoms with Crippen LogP contribution in [0.4, 0.5) is 11.4 Å². The summed E-state index contributed by atoms with van der Waals surface area (Å²) in [6.45, 7) is 6.81. The van der Waals surface area contributed by atoms with Crippen LogP contribution in [0.5, 0.6) is 11.5 Å². The minimum absolute atomic E-state index is 0.102. The Hall–Kier alpha value is -4.55. The van der Waals surface area contributed by atoms with Crippen LogP contribution in [-0.4, -0.2) is 92.1 Å². The van der Waals surface area contributed by atoms with Crippen LogP contribution in [0.25, 0.3) is 11.1 Å². The van der Waals surface area contributed by atoms with Gasteiger partial charge in [-0.3, -0.25) is 23.0 Å². The first-order chi connectivity index (χ1) is 26.0. The Kier molecular flexibility index (Phi) is 10.4. The molecule has 5 N–H and O–H groups in total. The minimum atomic E-state index is -5.06. The fraction of sp³-hybridized carbons (Fsp3) is 0.343. The van der Waals surface area contributed by atoms with E-state index in [1.807, 2.05) is 4.90 Å². The second kappa shape index (κ2) is 14.1. The summed E-state index contributed by atoms with van der Waals surface area (Å²) in [7, 11) is -19.1. The van der Waals surface area contributed by atoms with Gasteiger partial charge < -0.3 is 14.7 Å². The van der Waals surface area contributed by atoms with Gasteiger partial charge in [0.1, 0.15) is 27.4 Å². The van der Waals surface area contributed by atoms with Crippen molar-refractivity contribution in [2.24, 2.45) is 4.99 Å². The van der Waals surface area contributed by atoms with Gasteiger partial charge >= 0.3 is 5.97 Å². The number of rotatable bonds is 12. The average Bonchev–Trinajstić information content (AvgIpc) is 3.03. The van der Waals surface area contributed by atoms with E-state index in [9.17, 15) is 61.8 Å². The van der Waals surface area contributed by atoms with Crippen molar-refractivity contribution in [2.75, 3.05) is 23.0 Å². The Morgan fingerprint density at radius 3 is 2.00 bits per heavy atom. The van der Waals surface area contributed by atoms with E-state index < -0.39 is 78.8 Å². The Bertz CT molecular complexity index is 2920. The molecule has 0 aliphatic carbocycles. The lowest BCUT2D eigenvalue weighted by molar-refractivity contribution is -0.137. The summed E-state index contributed by atoms with van der Waals surface area (Å²) in [6, 6.07) is 8.80. The molecule has 57 heavy (non-hydrogen) atoms. The molecule has 0 unspecified atom stereocenters. The molecule has 0 atom stereocenters. The Morgan fingerprint density at radius 1 is 0.789 bits per heavy atom. The van der Waals surface area contributed by atoms with E-state index in [-0.39, 0.29) is 76.1 Å². The first kappa shape index (κ1) is 42.1. The van der Waals surface area contributed by atoms with Crippen molar-refractivity contribution in [1.82, 2.24) is 4.58 Å². The van der Waals surface area contributed by atoms with E-state index in [4.69, 9.17) is 9.73 Å². The summed E-state index contributed by atoms with van der Waals surface area (Å²) in [6.07, 6.45) is 3.28. The number of carboxylic acids is 1. The lowest BCUT2D eigenvalue weighted by Crippen LogP contribution is -2.49. The zero-order valence-electron chi connectivity index (χ0n) is 30.7. The topological polar surface area (TPSA) is 283 Å². The third-order valence-electron chi connectivity index (χ3n) is 9.73. The van der Waals surface area contributed by atoms with Gasteiger partial charge in [-0.25, -0.2) is 9.57 Å². The molecule has 3 heterocycles. The molecule has 18 nitrogen and oxygen atoms in total. The minimum Gasteiger partial charge on any atom is -0.481 e. The molecule has 0 fully saturated rings. The maximum Gasteiger partial charge on any atom is 0.303 e. The summed E-state index contributed by atoms with van der Waals surface area (Å²) in [5, 5.41) is 9.72. The number of nitrogens with zero attached hydrogens (tertiary/aromatic N) is 3. The van der Waals surface area contributed by atoms with Crippen LogP contribution in [0.2, 0.25) is 0 Å². The largest absolute Gasteiger partial charge is 0.481 e. The zero-order chi connectivity index (χ0) is 42.3. The normalized spacial score (nSPS) is 17.2. The molecule has 0 radical (unpaired) electrons. The van der Waals surface area contributed by atoms with E-state index in [2.05, 4.69) is 0 Å². The molecule has 3 aliphatic rings. The SMILES string of the molecule is CC1(C)C=C(CS(=O)(=O)O)c2cc3c(cc2N1CCCC(=O)O)Oc1cc2c(cc1=N3)C(CS(=O)(=O)O)=CC(C)(C)[N+]=2Cc1ccc(S(=O)(=O)O)cc1S(=O)(=O)O. The highest BCUT2D eigenvalue weighted by atomic mass is 32.2. The lowest BCUT2D eigenvalue weighted by atomic mass is 9.88. The van der Waals surface area contributed by atoms with Crippen molar-refractivity contribution in [1.29, 1.82) is 0 Å². The Balaban J connectivity index is 1.58. The molecule has 6 rings (SSSR count). The van der Waals surface area contributed by atoms with Crippen LogP contribution in [-0.2, 0) is 51.8 Å². The van der Waals surface area contributed by atoms with Gasteiger partial charge in [-0.2, -0.15) is 33.7 Å². The molecule has 3 aromatic rings. The van der Waals surface area contributed by atoms with E-state index >= 15 is 0 Å². The highest BCUT2D eigenvalue weighted by molar-refractivity contribution is 7.87. The fourth-order valence-electron chi connectivity index (χ4n) is 7.40. The number of anilines is 1. The number of carbonyl (C=O) groups is 1. The number of hydrogen-bond acceptors (Lipinski definition) is 12. The van der Waals surface area contributed by atoms with Crippen LogP contribution < -0.4 is 24.9 Å². The number of hydrogen-bond donors (Lipinski definition) is 5. The standard InChI is InChI=1S/C35H37N3O15S4/c1-34(2)15-21(18-54(41,42)43)24-11-26-30(13-28(24)37(34)9-5-6-33(39)40)53-31-14-29-25(12-27(31)36-26)22(19-55(44,45)46)16-35(3,4)38(29)17-20-7-8-23(56(47,48)49)10-32(20)57(50,51)52/h7-8,10-16H,5-6,9,17-19H2,1-4H3,(H4-,39,40,41,42,43,44,45,46,47,48,49,50,51,52)/p+1. The van der Waals surface area contributed by atoms with Gasteiger partial charge in [0.05, 0.1) is 22.1 Å². The summed E-state index contributed by atoms with van der Waals surface area (Å²) in [4.78, 5) is 16.4. The predicted molar refractivity (Wildman–Crippen MR) is 206 cm³/mol. The van der Waals surface area contributed by atoms with Crippen LogP contribution >= 0.6 is 0 Å². The smallest absolute Gasteiger partial charge is 0.303 e. The number of aliphatic carboxylic acids is 1. The molecule has 306 valence electrons. The number of ether oxygens (including phenoxy) is 1. The van der Waals surface area contributed by atoms with Crippen molar-refractivity contribution < 1.29 is 66.5 Å². The van der Waals surface area contributed by atoms with E-state index in [0.29, 0.717) is 17.3 Å². The van der Waals surface area contributed by atoms with Crippen molar-refractivity contribution in [3.8, 4) is 11.5 Å². The molecule has 0 saturated heterocycles. The summed E-state index contributed by atoms with van der Waals surface area (Å²) in [5.41, 5.74) is -0.430. The summed E-state index contributed by atoms with van der Waals surface area (Å²) in [5.74, 6) is -2.25. The number of benzene rings is 3. The molecule has 0 saturated carbocycles. The zero-order valence-corrected chi connectivity index (χ0v) is 34.0. The Morgan fingerprint density at radius 2 is 1.42 bits per heavy atom. The van der Waals surface area contributed by atoms with Gasteiger partial charge in [0, 0.05) is 49.7 Å². The third kappa shape index (κ3) is 8.97. The summed E-state index contributed by atoms with van der Waals surface area (Å²) >= 11 is 0. The highest BCUT2D eigenvalue weighted by Gasteiger charge is 2.39. The molecule has 0 spiro atoms. The van der Waals surface area contributed by atoms with Gasteiger partial charge in [-0.05, 0) is 67.8 Å². The van der Waals surface area contributed by atoms with E-state index in [1.165, 1.54) is 18.2 Å². The van der Waals surface area contributed by atoms with Gasteiger partial charge in [-0.15, -0.1) is 0 Å². The van der Waals surface area contributed by atoms with Crippen molar-refractivity contribution in [3.05, 3.63) is 82.0 Å². The first-order valence-corrected chi connectivity index (χ1v) is 23.1. The van der Waals surface area contributed by atoms with Crippen molar-refractivity contribution in [2.45, 2.75) is 68.0 Å². The summed E-state index contributed by atoms with van der Waals surface area (Å²) < 4.78 is 145. The molecule has 3 aliphatic heterocycles. The Labute approximate surface area is 328 Å². The van der Waals surface area contributed by atoms with Crippen LogP contribution in [0.3, 0.4) is 0 Å². The van der Waals surface area contributed by atoms with Crippen molar-refractivity contribution in [3.63, 3.8) is 0 Å². The van der Waals surface area contributed by atoms with E-state index in [0.717, 1.165) is 12.1 Å². The molecule has 0 bridgehead atoms. The van der Waals surface area contributed by atoms with E-state index in [1.54, 1.807) is 50.5 Å². The second-order valence-corrected chi connectivity index (χ2v) is 20.7. The van der Waals surface area contributed by atoms with Crippen LogP contribution in [0, 0.1) is 0 Å². The maximum absolute atomic E-state index is 12.5. The second-order valence-electron chi connectivity index (χ2n) is 14.9. The molecular formula is C35H38N3O15S4+. The molecule has 0 amide bonds. The number of fused-ring (bicyclic) bond motifs is 4. The maximum atomic E-state index is 12.5. The average molecular weight is 869 g/mol. The fourth-order valence-corrected chi connectivity index (χ4v) is 9.99. The van der Waals surface area contributed by atoms with Gasteiger partial charge in [0.2, 0.25) is 5.36 Å². The third-order valence-corrected chi connectivity index (χ3v) is 12.9. The van der Waals surface area contributed by atoms with Crippen molar-refractivity contribution >= 4 is 69.0 Å². The van der Waals surface area contributed by atoms with Gasteiger partial charge in [0.25, 0.3) is 40.5 Å².